The van der Waals surface area contributed by atoms with E-state index in [-0.39, 0.29) is 11.6 Å². The molecule has 3 aromatic rings. The average Bonchev–Trinajstić information content (AvgIpc) is 3.09. The van der Waals surface area contributed by atoms with Crippen molar-refractivity contribution < 1.29 is 27.2 Å². The maximum absolute atomic E-state index is 12.6. The van der Waals surface area contributed by atoms with Gasteiger partial charge in [0.2, 0.25) is 0 Å². The first-order chi connectivity index (χ1) is 14.7. The molecule has 0 aliphatic carbocycles. The molecular formula is C22H22F3N3O3. The van der Waals surface area contributed by atoms with Crippen molar-refractivity contribution in [2.75, 3.05) is 18.9 Å². The second kappa shape index (κ2) is 9.11. The third kappa shape index (κ3) is 5.56. The molecule has 0 saturated carbocycles. The highest BCUT2D eigenvalue weighted by atomic mass is 19.4. The van der Waals surface area contributed by atoms with Crippen LogP contribution in [-0.4, -0.2) is 36.6 Å². The SMILES string of the molecule is CCc1oc2ccccc2c1CN(C)C(=O)Nc1ccc(C(=O)NCC(F)(F)F)cc1. The molecule has 3 rings (SSSR count). The number of alkyl halides is 3. The van der Waals surface area contributed by atoms with Gasteiger partial charge < -0.3 is 20.0 Å². The van der Waals surface area contributed by atoms with Gasteiger partial charge in [0.25, 0.3) is 5.91 Å². The van der Waals surface area contributed by atoms with Crippen LogP contribution in [0, 0.1) is 0 Å². The molecule has 2 aromatic carbocycles. The predicted molar refractivity (Wildman–Crippen MR) is 111 cm³/mol. The number of urea groups is 1. The first-order valence-electron chi connectivity index (χ1n) is 9.64. The molecule has 0 atom stereocenters. The molecule has 0 fully saturated rings. The lowest BCUT2D eigenvalue weighted by atomic mass is 10.1. The van der Waals surface area contributed by atoms with E-state index < -0.39 is 18.6 Å². The monoisotopic (exact) mass is 433 g/mol. The Balaban J connectivity index is 1.63. The summed E-state index contributed by atoms with van der Waals surface area (Å²) in [5.41, 5.74) is 2.18. The van der Waals surface area contributed by atoms with Gasteiger partial charge in [-0.3, -0.25) is 4.79 Å². The van der Waals surface area contributed by atoms with Crippen molar-refractivity contribution in [3.63, 3.8) is 0 Å². The van der Waals surface area contributed by atoms with Gasteiger partial charge in [0.15, 0.2) is 0 Å². The van der Waals surface area contributed by atoms with Gasteiger partial charge in [-0.2, -0.15) is 13.2 Å². The van der Waals surface area contributed by atoms with Crippen molar-refractivity contribution >= 4 is 28.6 Å². The summed E-state index contributed by atoms with van der Waals surface area (Å²) in [5, 5.41) is 5.46. The summed E-state index contributed by atoms with van der Waals surface area (Å²) in [6, 6.07) is 12.9. The second-order valence-electron chi connectivity index (χ2n) is 7.01. The second-order valence-corrected chi connectivity index (χ2v) is 7.01. The van der Waals surface area contributed by atoms with Crippen molar-refractivity contribution in [3.8, 4) is 0 Å². The van der Waals surface area contributed by atoms with Crippen LogP contribution in [0.15, 0.2) is 52.9 Å². The van der Waals surface area contributed by atoms with Crippen LogP contribution < -0.4 is 10.6 Å². The number of hydrogen-bond acceptors (Lipinski definition) is 3. The van der Waals surface area contributed by atoms with Crippen molar-refractivity contribution in [3.05, 3.63) is 65.4 Å². The Bertz CT molecular complexity index is 1080. The van der Waals surface area contributed by atoms with Crippen LogP contribution in [0.4, 0.5) is 23.7 Å². The maximum Gasteiger partial charge on any atom is 0.405 e. The van der Waals surface area contributed by atoms with E-state index in [2.05, 4.69) is 5.32 Å². The fourth-order valence-electron chi connectivity index (χ4n) is 3.12. The Kier molecular flexibility index (Phi) is 6.53. The van der Waals surface area contributed by atoms with E-state index in [0.29, 0.717) is 18.7 Å². The maximum atomic E-state index is 12.6. The molecule has 9 heteroatoms. The number of nitrogens with one attached hydrogen (secondary N) is 2. The Labute approximate surface area is 177 Å². The summed E-state index contributed by atoms with van der Waals surface area (Å²) < 4.78 is 42.5. The van der Waals surface area contributed by atoms with Gasteiger partial charge >= 0.3 is 12.2 Å². The zero-order chi connectivity index (χ0) is 22.6. The zero-order valence-corrected chi connectivity index (χ0v) is 17.0. The highest BCUT2D eigenvalue weighted by Crippen LogP contribution is 2.27. The third-order valence-corrected chi connectivity index (χ3v) is 4.69. The smallest absolute Gasteiger partial charge is 0.405 e. The van der Waals surface area contributed by atoms with Crippen LogP contribution in [0.5, 0.6) is 0 Å². The van der Waals surface area contributed by atoms with Crippen LogP contribution in [0.25, 0.3) is 11.0 Å². The molecule has 0 aliphatic heterocycles. The largest absolute Gasteiger partial charge is 0.461 e. The number of carbonyl (C=O) groups is 2. The normalized spacial score (nSPS) is 11.4. The van der Waals surface area contributed by atoms with E-state index in [9.17, 15) is 22.8 Å². The minimum absolute atomic E-state index is 0.0630. The average molecular weight is 433 g/mol. The van der Waals surface area contributed by atoms with E-state index in [4.69, 9.17) is 4.42 Å². The molecule has 0 aliphatic rings. The molecule has 3 amide bonds. The third-order valence-electron chi connectivity index (χ3n) is 4.69. The van der Waals surface area contributed by atoms with Gasteiger partial charge in [0, 0.05) is 35.7 Å². The molecule has 1 aromatic heterocycles. The zero-order valence-electron chi connectivity index (χ0n) is 17.0. The van der Waals surface area contributed by atoms with E-state index in [1.54, 1.807) is 12.4 Å². The fraction of sp³-hybridized carbons (Fsp3) is 0.273. The summed E-state index contributed by atoms with van der Waals surface area (Å²) in [4.78, 5) is 25.8. The molecule has 164 valence electrons. The number of hydrogen-bond donors (Lipinski definition) is 2. The molecule has 0 saturated heterocycles. The van der Waals surface area contributed by atoms with Gasteiger partial charge in [0.05, 0.1) is 6.54 Å². The highest BCUT2D eigenvalue weighted by molar-refractivity contribution is 5.95. The molecular weight excluding hydrogens is 411 g/mol. The molecule has 0 spiro atoms. The highest BCUT2D eigenvalue weighted by Gasteiger charge is 2.27. The summed E-state index contributed by atoms with van der Waals surface area (Å²) in [7, 11) is 1.65. The molecule has 1 heterocycles. The van der Waals surface area contributed by atoms with Gasteiger partial charge in [-0.15, -0.1) is 0 Å². The Morgan fingerprint density at radius 1 is 1.06 bits per heavy atom. The van der Waals surface area contributed by atoms with Crippen LogP contribution in [0.3, 0.4) is 0 Å². The Hall–Kier alpha value is -3.49. The molecule has 0 unspecified atom stereocenters. The van der Waals surface area contributed by atoms with E-state index in [1.165, 1.54) is 29.2 Å². The number of aryl methyl sites for hydroxylation is 1. The van der Waals surface area contributed by atoms with Crippen LogP contribution in [0.2, 0.25) is 0 Å². The number of halogens is 3. The molecule has 2 N–H and O–H groups in total. The minimum Gasteiger partial charge on any atom is -0.461 e. The van der Waals surface area contributed by atoms with Crippen molar-refractivity contribution in [1.82, 2.24) is 10.2 Å². The minimum atomic E-state index is -4.48. The number of rotatable bonds is 6. The standard InChI is InChI=1S/C22H22F3N3O3/c1-3-18-17(16-6-4-5-7-19(16)31-18)12-28(2)21(30)27-15-10-8-14(9-11-15)20(29)26-13-22(23,24)25/h4-11H,3,12-13H2,1-2H3,(H,26,29)(H,27,30). The molecule has 6 nitrogen and oxygen atoms in total. The van der Waals surface area contributed by atoms with E-state index >= 15 is 0 Å². The van der Waals surface area contributed by atoms with Gasteiger partial charge in [0.1, 0.15) is 17.9 Å². The van der Waals surface area contributed by atoms with E-state index in [1.807, 2.05) is 31.2 Å². The van der Waals surface area contributed by atoms with Gasteiger partial charge in [-0.1, -0.05) is 25.1 Å². The molecule has 0 bridgehead atoms. The summed E-state index contributed by atoms with van der Waals surface area (Å²) in [5.74, 6) is -0.0266. The summed E-state index contributed by atoms with van der Waals surface area (Å²) in [6.45, 7) is 0.912. The van der Waals surface area contributed by atoms with Gasteiger partial charge in [-0.05, 0) is 30.3 Å². The first kappa shape index (κ1) is 22.2. The number of furan rings is 1. The number of amides is 3. The Morgan fingerprint density at radius 3 is 2.39 bits per heavy atom. The number of nitrogens with zero attached hydrogens (tertiary/aromatic N) is 1. The Morgan fingerprint density at radius 2 is 1.74 bits per heavy atom. The lowest BCUT2D eigenvalue weighted by molar-refractivity contribution is -0.123. The van der Waals surface area contributed by atoms with Crippen LogP contribution in [0.1, 0.15) is 28.6 Å². The number of benzene rings is 2. The lowest BCUT2D eigenvalue weighted by Crippen LogP contribution is -2.33. The van der Waals surface area contributed by atoms with Crippen molar-refractivity contribution in [2.45, 2.75) is 26.1 Å². The van der Waals surface area contributed by atoms with Crippen molar-refractivity contribution in [1.29, 1.82) is 0 Å². The topological polar surface area (TPSA) is 74.6 Å². The van der Waals surface area contributed by atoms with Crippen molar-refractivity contribution in [2.24, 2.45) is 0 Å². The summed E-state index contributed by atoms with van der Waals surface area (Å²) in [6.07, 6.45) is -3.79. The number of carbonyl (C=O) groups excluding carboxylic acids is 2. The predicted octanol–water partition coefficient (Wildman–Crippen LogP) is 4.95. The lowest BCUT2D eigenvalue weighted by Gasteiger charge is -2.18. The van der Waals surface area contributed by atoms with Crippen LogP contribution in [-0.2, 0) is 13.0 Å². The first-order valence-corrected chi connectivity index (χ1v) is 9.64. The fourth-order valence-corrected chi connectivity index (χ4v) is 3.12. The van der Waals surface area contributed by atoms with E-state index in [0.717, 1.165) is 22.3 Å². The number of para-hydroxylation sites is 1. The quantitative estimate of drug-likeness (QED) is 0.578. The van der Waals surface area contributed by atoms with Gasteiger partial charge in [-0.25, -0.2) is 4.79 Å². The van der Waals surface area contributed by atoms with Crippen LogP contribution >= 0.6 is 0 Å². The summed E-state index contributed by atoms with van der Waals surface area (Å²) >= 11 is 0. The number of fused-ring (bicyclic) bond motifs is 1. The molecule has 0 radical (unpaired) electrons. The number of anilines is 1. The molecule has 31 heavy (non-hydrogen) atoms.